The SMILES string of the molecule is CCCCCCOC1C(O)C(O)C(OCc2ccccc2)C(OCc2ccccc2)C1OCc1ccccc1. The third-order valence-electron chi connectivity index (χ3n) is 7.16. The minimum atomic E-state index is -1.20. The topological polar surface area (TPSA) is 77.4 Å². The maximum Gasteiger partial charge on any atom is 0.116 e. The van der Waals surface area contributed by atoms with Crippen molar-refractivity contribution in [1.82, 2.24) is 0 Å². The van der Waals surface area contributed by atoms with E-state index >= 15 is 0 Å². The highest BCUT2D eigenvalue weighted by atomic mass is 16.6. The summed E-state index contributed by atoms with van der Waals surface area (Å²) in [7, 11) is 0. The van der Waals surface area contributed by atoms with Gasteiger partial charge >= 0.3 is 0 Å². The molecule has 0 radical (unpaired) electrons. The molecule has 6 atom stereocenters. The van der Waals surface area contributed by atoms with Gasteiger partial charge in [0.15, 0.2) is 0 Å². The number of hydrogen-bond acceptors (Lipinski definition) is 6. The fraction of sp³-hybridized carbons (Fsp3) is 0.455. The highest BCUT2D eigenvalue weighted by Crippen LogP contribution is 2.32. The van der Waals surface area contributed by atoms with Crippen LogP contribution in [0.4, 0.5) is 0 Å². The van der Waals surface area contributed by atoms with Crippen LogP contribution in [0.2, 0.25) is 0 Å². The number of ether oxygens (including phenoxy) is 4. The number of benzene rings is 3. The lowest BCUT2D eigenvalue weighted by atomic mass is 9.84. The van der Waals surface area contributed by atoms with Gasteiger partial charge < -0.3 is 29.2 Å². The Kier molecular flexibility index (Phi) is 12.0. The molecule has 1 aliphatic carbocycles. The van der Waals surface area contributed by atoms with Crippen molar-refractivity contribution in [3.63, 3.8) is 0 Å². The van der Waals surface area contributed by atoms with Gasteiger partial charge in [0, 0.05) is 6.61 Å². The zero-order chi connectivity index (χ0) is 27.3. The monoisotopic (exact) mass is 534 g/mol. The molecule has 0 spiro atoms. The van der Waals surface area contributed by atoms with Gasteiger partial charge in [-0.15, -0.1) is 0 Å². The normalized spacial score (nSPS) is 25.0. The first-order valence-electron chi connectivity index (χ1n) is 14.1. The largest absolute Gasteiger partial charge is 0.387 e. The van der Waals surface area contributed by atoms with Gasteiger partial charge in [0.25, 0.3) is 0 Å². The highest BCUT2D eigenvalue weighted by Gasteiger charge is 2.52. The predicted molar refractivity (Wildman–Crippen MR) is 151 cm³/mol. The van der Waals surface area contributed by atoms with Gasteiger partial charge in [-0.3, -0.25) is 0 Å². The number of unbranched alkanes of at least 4 members (excludes halogenated alkanes) is 3. The second-order valence-corrected chi connectivity index (χ2v) is 10.2. The van der Waals surface area contributed by atoms with Crippen LogP contribution in [-0.4, -0.2) is 53.4 Å². The Hall–Kier alpha value is -2.58. The molecule has 0 amide bonds. The first kappa shape index (κ1) is 29.4. The van der Waals surface area contributed by atoms with Gasteiger partial charge in [-0.2, -0.15) is 0 Å². The van der Waals surface area contributed by atoms with Crippen LogP contribution in [0, 0.1) is 0 Å². The fourth-order valence-corrected chi connectivity index (χ4v) is 4.97. The summed E-state index contributed by atoms with van der Waals surface area (Å²) in [4.78, 5) is 0. The smallest absolute Gasteiger partial charge is 0.116 e. The predicted octanol–water partition coefficient (Wildman–Crippen LogP) is 5.44. The average molecular weight is 535 g/mol. The van der Waals surface area contributed by atoms with E-state index in [4.69, 9.17) is 18.9 Å². The van der Waals surface area contributed by atoms with Gasteiger partial charge in [-0.05, 0) is 23.1 Å². The molecule has 6 nitrogen and oxygen atoms in total. The van der Waals surface area contributed by atoms with Crippen molar-refractivity contribution in [2.75, 3.05) is 6.61 Å². The van der Waals surface area contributed by atoms with Gasteiger partial charge in [0.05, 0.1) is 19.8 Å². The summed E-state index contributed by atoms with van der Waals surface area (Å²) in [5, 5.41) is 22.6. The fourth-order valence-electron chi connectivity index (χ4n) is 4.97. The van der Waals surface area contributed by atoms with Gasteiger partial charge in [-0.1, -0.05) is 117 Å². The van der Waals surface area contributed by atoms with Crippen molar-refractivity contribution in [2.24, 2.45) is 0 Å². The molecule has 39 heavy (non-hydrogen) atoms. The van der Waals surface area contributed by atoms with E-state index < -0.39 is 36.6 Å². The Balaban J connectivity index is 1.57. The van der Waals surface area contributed by atoms with Crippen LogP contribution in [0.25, 0.3) is 0 Å². The van der Waals surface area contributed by atoms with E-state index in [2.05, 4.69) is 6.92 Å². The van der Waals surface area contributed by atoms with E-state index in [0.29, 0.717) is 19.8 Å². The van der Waals surface area contributed by atoms with Crippen LogP contribution >= 0.6 is 0 Å². The first-order chi connectivity index (χ1) is 19.2. The van der Waals surface area contributed by atoms with Crippen molar-refractivity contribution >= 4 is 0 Å². The van der Waals surface area contributed by atoms with Crippen molar-refractivity contribution in [3.8, 4) is 0 Å². The summed E-state index contributed by atoms with van der Waals surface area (Å²) >= 11 is 0. The van der Waals surface area contributed by atoms with Crippen molar-refractivity contribution < 1.29 is 29.2 Å². The summed E-state index contributed by atoms with van der Waals surface area (Å²) in [6.07, 6.45) is -1.10. The number of rotatable bonds is 15. The molecule has 210 valence electrons. The Morgan fingerprint density at radius 3 is 1.28 bits per heavy atom. The Morgan fingerprint density at radius 2 is 0.872 bits per heavy atom. The quantitative estimate of drug-likeness (QED) is 0.253. The van der Waals surface area contributed by atoms with Crippen LogP contribution in [-0.2, 0) is 38.8 Å². The summed E-state index contributed by atoms with van der Waals surface area (Å²) in [6, 6.07) is 29.6. The molecular formula is C33H42O6. The standard InChI is InChI=1S/C33H42O6/c1-2-3-4-14-21-36-30-28(34)29(35)31(37-22-25-15-8-5-9-16-25)33(39-24-27-19-12-7-13-20-27)32(30)38-23-26-17-10-6-11-18-26/h5-13,15-20,28-35H,2-4,14,21-24H2,1H3. The molecule has 0 aliphatic heterocycles. The third kappa shape index (κ3) is 8.70. The molecule has 0 bridgehead atoms. The number of hydrogen-bond donors (Lipinski definition) is 2. The Morgan fingerprint density at radius 1 is 0.487 bits per heavy atom. The highest BCUT2D eigenvalue weighted by molar-refractivity contribution is 5.16. The van der Waals surface area contributed by atoms with Crippen molar-refractivity contribution in [3.05, 3.63) is 108 Å². The number of aliphatic hydroxyl groups excluding tert-OH is 2. The lowest BCUT2D eigenvalue weighted by Crippen LogP contribution is -2.66. The van der Waals surface area contributed by atoms with Gasteiger partial charge in [-0.25, -0.2) is 0 Å². The maximum atomic E-state index is 11.3. The Labute approximate surface area is 232 Å². The lowest BCUT2D eigenvalue weighted by molar-refractivity contribution is -0.272. The molecule has 1 aliphatic rings. The van der Waals surface area contributed by atoms with Crippen LogP contribution in [0.1, 0.15) is 49.3 Å². The van der Waals surface area contributed by atoms with E-state index in [1.54, 1.807) is 0 Å². The molecule has 0 saturated heterocycles. The third-order valence-corrected chi connectivity index (χ3v) is 7.16. The minimum Gasteiger partial charge on any atom is -0.387 e. The number of aliphatic hydroxyl groups is 2. The van der Waals surface area contributed by atoms with E-state index in [1.807, 2.05) is 91.0 Å². The zero-order valence-corrected chi connectivity index (χ0v) is 22.8. The summed E-state index contributed by atoms with van der Waals surface area (Å²) in [5.74, 6) is 0. The first-order valence-corrected chi connectivity index (χ1v) is 14.1. The molecule has 1 fully saturated rings. The zero-order valence-electron chi connectivity index (χ0n) is 22.8. The molecule has 1 saturated carbocycles. The van der Waals surface area contributed by atoms with E-state index in [9.17, 15) is 10.2 Å². The minimum absolute atomic E-state index is 0.272. The van der Waals surface area contributed by atoms with Gasteiger partial charge in [0.1, 0.15) is 36.6 Å². The van der Waals surface area contributed by atoms with Crippen LogP contribution in [0.5, 0.6) is 0 Å². The van der Waals surface area contributed by atoms with Crippen LogP contribution in [0.15, 0.2) is 91.0 Å². The molecule has 2 N–H and O–H groups in total. The maximum absolute atomic E-state index is 11.3. The molecular weight excluding hydrogens is 492 g/mol. The average Bonchev–Trinajstić information content (AvgIpc) is 2.98. The van der Waals surface area contributed by atoms with Crippen LogP contribution in [0.3, 0.4) is 0 Å². The molecule has 0 heterocycles. The second kappa shape index (κ2) is 15.9. The van der Waals surface area contributed by atoms with Crippen molar-refractivity contribution in [2.45, 2.75) is 89.1 Å². The summed E-state index contributed by atoms with van der Waals surface area (Å²) < 4.78 is 25.4. The molecule has 0 aromatic heterocycles. The summed E-state index contributed by atoms with van der Waals surface area (Å²) in [5.41, 5.74) is 2.97. The molecule has 3 aromatic carbocycles. The lowest BCUT2D eigenvalue weighted by Gasteiger charge is -2.47. The van der Waals surface area contributed by atoms with Crippen molar-refractivity contribution in [1.29, 1.82) is 0 Å². The van der Waals surface area contributed by atoms with E-state index in [0.717, 1.165) is 42.4 Å². The summed E-state index contributed by atoms with van der Waals surface area (Å²) in [6.45, 7) is 3.55. The van der Waals surface area contributed by atoms with E-state index in [1.165, 1.54) is 0 Å². The molecule has 6 heteroatoms. The molecule has 3 aromatic rings. The van der Waals surface area contributed by atoms with Gasteiger partial charge in [0.2, 0.25) is 0 Å². The van der Waals surface area contributed by atoms with E-state index in [-0.39, 0.29) is 6.61 Å². The van der Waals surface area contributed by atoms with Crippen LogP contribution < -0.4 is 0 Å². The second-order valence-electron chi connectivity index (χ2n) is 10.2. The molecule has 4 rings (SSSR count). The molecule has 6 unspecified atom stereocenters. The Bertz CT molecular complexity index is 1050.